The van der Waals surface area contributed by atoms with Gasteiger partial charge < -0.3 is 4.90 Å². The Morgan fingerprint density at radius 1 is 1.43 bits per heavy atom. The summed E-state index contributed by atoms with van der Waals surface area (Å²) < 4.78 is 0. The van der Waals surface area contributed by atoms with Crippen molar-refractivity contribution < 1.29 is 0 Å². The molecule has 1 heterocycles. The predicted molar refractivity (Wildman–Crippen MR) is 61.2 cm³/mol. The first kappa shape index (κ1) is 9.97. The van der Waals surface area contributed by atoms with Gasteiger partial charge in [-0.15, -0.1) is 0 Å². The fourth-order valence-corrected chi connectivity index (χ4v) is 2.68. The van der Waals surface area contributed by atoms with Crippen molar-refractivity contribution in [1.29, 1.82) is 0 Å². The Labute approximate surface area is 87.5 Å². The van der Waals surface area contributed by atoms with Gasteiger partial charge >= 0.3 is 0 Å². The third-order valence-electron chi connectivity index (χ3n) is 3.49. The molecule has 0 radical (unpaired) electrons. The van der Waals surface area contributed by atoms with Crippen LogP contribution in [-0.2, 0) is 0 Å². The second kappa shape index (κ2) is 3.90. The van der Waals surface area contributed by atoms with Crippen LogP contribution in [0, 0.1) is 11.8 Å². The van der Waals surface area contributed by atoms with Crippen LogP contribution in [0.1, 0.15) is 26.7 Å². The molecule has 14 heavy (non-hydrogen) atoms. The molecule has 0 aromatic heterocycles. The standard InChI is InChI=1S/C13H21N/c1-10(2)13-9-14(3)8-11-6-4-5-7-12(11)13/h5,7,10,13H,4,6,8-9H2,1-3H3. The van der Waals surface area contributed by atoms with Crippen molar-refractivity contribution in [2.24, 2.45) is 11.8 Å². The van der Waals surface area contributed by atoms with E-state index in [0.717, 1.165) is 11.8 Å². The highest BCUT2D eigenvalue weighted by molar-refractivity contribution is 5.35. The molecule has 0 aromatic carbocycles. The summed E-state index contributed by atoms with van der Waals surface area (Å²) >= 11 is 0. The quantitative estimate of drug-likeness (QED) is 0.616. The number of rotatable bonds is 1. The average molecular weight is 191 g/mol. The van der Waals surface area contributed by atoms with Gasteiger partial charge in [0.2, 0.25) is 0 Å². The van der Waals surface area contributed by atoms with Gasteiger partial charge in [0.05, 0.1) is 0 Å². The molecule has 2 rings (SSSR count). The fraction of sp³-hybridized carbons (Fsp3) is 0.692. The van der Waals surface area contributed by atoms with Crippen LogP contribution in [0.15, 0.2) is 23.3 Å². The molecule has 0 amide bonds. The maximum absolute atomic E-state index is 2.47. The van der Waals surface area contributed by atoms with Gasteiger partial charge in [-0.2, -0.15) is 0 Å². The van der Waals surface area contributed by atoms with Gasteiger partial charge in [-0.1, -0.05) is 31.6 Å². The number of hydrogen-bond acceptors (Lipinski definition) is 1. The molecule has 1 heteroatoms. The number of likely N-dealkylation sites (N-methyl/N-ethyl adjacent to an activating group) is 1. The molecular weight excluding hydrogens is 170 g/mol. The second-order valence-electron chi connectivity index (χ2n) is 5.05. The number of allylic oxidation sites excluding steroid dienone is 2. The van der Waals surface area contributed by atoms with Crippen molar-refractivity contribution in [2.45, 2.75) is 26.7 Å². The summed E-state index contributed by atoms with van der Waals surface area (Å²) in [5, 5.41) is 0. The third kappa shape index (κ3) is 1.78. The van der Waals surface area contributed by atoms with E-state index in [1.807, 2.05) is 0 Å². The summed E-state index contributed by atoms with van der Waals surface area (Å²) in [5.41, 5.74) is 3.35. The Bertz CT molecular complexity index is 273. The molecule has 1 aliphatic heterocycles. The van der Waals surface area contributed by atoms with Gasteiger partial charge in [-0.3, -0.25) is 0 Å². The molecule has 78 valence electrons. The molecular formula is C13H21N. The molecule has 1 unspecified atom stereocenters. The Morgan fingerprint density at radius 3 is 2.93 bits per heavy atom. The molecule has 2 aliphatic rings. The average Bonchev–Trinajstić information content (AvgIpc) is 2.16. The Balaban J connectivity index is 2.28. The van der Waals surface area contributed by atoms with E-state index < -0.39 is 0 Å². The van der Waals surface area contributed by atoms with E-state index in [4.69, 9.17) is 0 Å². The highest BCUT2D eigenvalue weighted by atomic mass is 15.1. The first-order valence-corrected chi connectivity index (χ1v) is 5.75. The molecule has 1 atom stereocenters. The Hall–Kier alpha value is -0.560. The summed E-state index contributed by atoms with van der Waals surface area (Å²) in [4.78, 5) is 2.47. The lowest BCUT2D eigenvalue weighted by atomic mass is 9.79. The number of nitrogens with zero attached hydrogens (tertiary/aromatic N) is 1. The lowest BCUT2D eigenvalue weighted by Gasteiger charge is -2.37. The van der Waals surface area contributed by atoms with E-state index in [1.54, 1.807) is 11.1 Å². The minimum atomic E-state index is 0.764. The Kier molecular flexibility index (Phi) is 2.78. The monoisotopic (exact) mass is 191 g/mol. The normalized spacial score (nSPS) is 28.4. The number of hydrogen-bond donors (Lipinski definition) is 0. The highest BCUT2D eigenvalue weighted by Crippen LogP contribution is 2.33. The first-order valence-electron chi connectivity index (χ1n) is 5.75. The van der Waals surface area contributed by atoms with E-state index >= 15 is 0 Å². The summed E-state index contributed by atoms with van der Waals surface area (Å²) in [5.74, 6) is 1.53. The molecule has 0 spiro atoms. The smallest absolute Gasteiger partial charge is 0.0196 e. The molecule has 0 N–H and O–H groups in total. The van der Waals surface area contributed by atoms with Crippen LogP contribution in [-0.4, -0.2) is 25.0 Å². The maximum Gasteiger partial charge on any atom is 0.0196 e. The van der Waals surface area contributed by atoms with Crippen LogP contribution in [0.2, 0.25) is 0 Å². The van der Waals surface area contributed by atoms with E-state index in [2.05, 4.69) is 37.9 Å². The topological polar surface area (TPSA) is 3.24 Å². The molecule has 0 saturated heterocycles. The molecule has 0 fully saturated rings. The lowest BCUT2D eigenvalue weighted by Crippen LogP contribution is -2.37. The van der Waals surface area contributed by atoms with Crippen molar-refractivity contribution in [3.05, 3.63) is 23.3 Å². The summed E-state index contributed by atoms with van der Waals surface area (Å²) in [6, 6.07) is 0. The van der Waals surface area contributed by atoms with Crippen LogP contribution in [0.5, 0.6) is 0 Å². The van der Waals surface area contributed by atoms with Crippen LogP contribution < -0.4 is 0 Å². The van der Waals surface area contributed by atoms with Crippen molar-refractivity contribution in [3.63, 3.8) is 0 Å². The van der Waals surface area contributed by atoms with Gasteiger partial charge in [0.1, 0.15) is 0 Å². The first-order chi connectivity index (χ1) is 6.68. The molecule has 1 nitrogen and oxygen atoms in total. The highest BCUT2D eigenvalue weighted by Gasteiger charge is 2.27. The predicted octanol–water partition coefficient (Wildman–Crippen LogP) is 2.85. The van der Waals surface area contributed by atoms with Gasteiger partial charge in [0.15, 0.2) is 0 Å². The molecule has 0 saturated carbocycles. The SMILES string of the molecule is CC(C)C1CN(C)CC2=C1C=CCC2. The van der Waals surface area contributed by atoms with Gasteiger partial charge in [0, 0.05) is 13.1 Å². The van der Waals surface area contributed by atoms with Crippen molar-refractivity contribution in [3.8, 4) is 0 Å². The van der Waals surface area contributed by atoms with Crippen LogP contribution in [0.25, 0.3) is 0 Å². The second-order valence-corrected chi connectivity index (χ2v) is 5.05. The molecule has 0 bridgehead atoms. The van der Waals surface area contributed by atoms with Gasteiger partial charge in [-0.05, 0) is 37.3 Å². The summed E-state index contributed by atoms with van der Waals surface area (Å²) in [6.45, 7) is 7.12. The maximum atomic E-state index is 2.47. The molecule has 1 aliphatic carbocycles. The van der Waals surface area contributed by atoms with Crippen LogP contribution >= 0.6 is 0 Å². The van der Waals surface area contributed by atoms with Crippen LogP contribution in [0.4, 0.5) is 0 Å². The fourth-order valence-electron chi connectivity index (χ4n) is 2.68. The van der Waals surface area contributed by atoms with E-state index in [9.17, 15) is 0 Å². The minimum absolute atomic E-state index is 0.764. The molecule has 0 aromatic rings. The minimum Gasteiger partial charge on any atom is -0.302 e. The van der Waals surface area contributed by atoms with Crippen molar-refractivity contribution in [1.82, 2.24) is 4.90 Å². The van der Waals surface area contributed by atoms with Gasteiger partial charge in [0.25, 0.3) is 0 Å². The van der Waals surface area contributed by atoms with E-state index in [0.29, 0.717) is 0 Å². The summed E-state index contributed by atoms with van der Waals surface area (Å²) in [7, 11) is 2.25. The third-order valence-corrected chi connectivity index (χ3v) is 3.49. The van der Waals surface area contributed by atoms with Crippen molar-refractivity contribution >= 4 is 0 Å². The lowest BCUT2D eigenvalue weighted by molar-refractivity contribution is 0.253. The zero-order valence-electron chi connectivity index (χ0n) is 9.59. The van der Waals surface area contributed by atoms with Crippen LogP contribution in [0.3, 0.4) is 0 Å². The van der Waals surface area contributed by atoms with Crippen molar-refractivity contribution in [2.75, 3.05) is 20.1 Å². The van der Waals surface area contributed by atoms with E-state index in [1.165, 1.54) is 25.9 Å². The zero-order valence-corrected chi connectivity index (χ0v) is 9.59. The largest absolute Gasteiger partial charge is 0.302 e. The van der Waals surface area contributed by atoms with E-state index in [-0.39, 0.29) is 0 Å². The van der Waals surface area contributed by atoms with Gasteiger partial charge in [-0.25, -0.2) is 0 Å². The Morgan fingerprint density at radius 2 is 2.21 bits per heavy atom. The zero-order chi connectivity index (χ0) is 10.1. The summed E-state index contributed by atoms with van der Waals surface area (Å²) in [6.07, 6.45) is 7.27.